The van der Waals surface area contributed by atoms with Gasteiger partial charge in [-0.05, 0) is 6.07 Å². The lowest BCUT2D eigenvalue weighted by Crippen LogP contribution is -2.08. The largest absolute Gasteiger partial charge is 0.476 e. The quantitative estimate of drug-likeness (QED) is 0.722. The van der Waals surface area contributed by atoms with Gasteiger partial charge in [-0.25, -0.2) is 4.98 Å². The lowest BCUT2D eigenvalue weighted by molar-refractivity contribution is 0.0642. The van der Waals surface area contributed by atoms with Crippen molar-refractivity contribution in [3.63, 3.8) is 0 Å². The first kappa shape index (κ1) is 14.0. The molecule has 5 nitrogen and oxygen atoms in total. The van der Waals surface area contributed by atoms with Gasteiger partial charge in [-0.3, -0.25) is 0 Å². The SMILES string of the molecule is COCCOCCCOc1ncc(Cl)cc1N. The second-order valence-electron chi connectivity index (χ2n) is 3.36. The number of pyridine rings is 1. The maximum Gasteiger partial charge on any atom is 0.237 e. The number of methoxy groups -OCH3 is 1. The van der Waals surface area contributed by atoms with Crippen molar-refractivity contribution in [3.8, 4) is 5.88 Å². The highest BCUT2D eigenvalue weighted by Crippen LogP contribution is 2.21. The number of hydrogen-bond acceptors (Lipinski definition) is 5. The van der Waals surface area contributed by atoms with Gasteiger partial charge >= 0.3 is 0 Å². The maximum atomic E-state index is 5.72. The summed E-state index contributed by atoms with van der Waals surface area (Å²) < 4.78 is 15.5. The highest BCUT2D eigenvalue weighted by atomic mass is 35.5. The highest BCUT2D eigenvalue weighted by Gasteiger charge is 2.02. The summed E-state index contributed by atoms with van der Waals surface area (Å²) in [5.74, 6) is 0.409. The van der Waals surface area contributed by atoms with E-state index in [2.05, 4.69) is 4.98 Å². The average Bonchev–Trinajstić information content (AvgIpc) is 2.30. The fourth-order valence-corrected chi connectivity index (χ4v) is 1.30. The smallest absolute Gasteiger partial charge is 0.237 e. The lowest BCUT2D eigenvalue weighted by Gasteiger charge is -2.08. The number of halogens is 1. The van der Waals surface area contributed by atoms with Crippen LogP contribution in [0.25, 0.3) is 0 Å². The van der Waals surface area contributed by atoms with Gasteiger partial charge in [0, 0.05) is 26.3 Å². The van der Waals surface area contributed by atoms with Gasteiger partial charge in [0.25, 0.3) is 0 Å². The molecule has 0 aromatic carbocycles. The van der Waals surface area contributed by atoms with E-state index in [4.69, 9.17) is 31.5 Å². The second kappa shape index (κ2) is 8.11. The summed E-state index contributed by atoms with van der Waals surface area (Å²) >= 11 is 5.72. The lowest BCUT2D eigenvalue weighted by atomic mass is 10.4. The Morgan fingerprint density at radius 2 is 2.12 bits per heavy atom. The van der Waals surface area contributed by atoms with E-state index in [0.717, 1.165) is 6.42 Å². The number of ether oxygens (including phenoxy) is 3. The zero-order chi connectivity index (χ0) is 12.5. The molecular weight excluding hydrogens is 244 g/mol. The minimum absolute atomic E-state index is 0.409. The van der Waals surface area contributed by atoms with Crippen molar-refractivity contribution in [1.29, 1.82) is 0 Å². The molecule has 0 spiro atoms. The Kier molecular flexibility index (Phi) is 6.69. The average molecular weight is 261 g/mol. The molecule has 2 N–H and O–H groups in total. The van der Waals surface area contributed by atoms with Gasteiger partial charge < -0.3 is 19.9 Å². The van der Waals surface area contributed by atoms with Gasteiger partial charge in [-0.1, -0.05) is 11.6 Å². The van der Waals surface area contributed by atoms with Crippen molar-refractivity contribution in [2.75, 3.05) is 39.3 Å². The third-order valence-corrected chi connectivity index (χ3v) is 2.16. The number of aromatic nitrogens is 1. The summed E-state index contributed by atoms with van der Waals surface area (Å²) in [5.41, 5.74) is 6.12. The fourth-order valence-electron chi connectivity index (χ4n) is 1.14. The van der Waals surface area contributed by atoms with Crippen LogP contribution in [0.4, 0.5) is 5.69 Å². The summed E-state index contributed by atoms with van der Waals surface area (Å²) in [6.07, 6.45) is 2.27. The van der Waals surface area contributed by atoms with Crippen LogP contribution in [0.1, 0.15) is 6.42 Å². The molecule has 17 heavy (non-hydrogen) atoms. The number of hydrogen-bond donors (Lipinski definition) is 1. The number of nitrogens with two attached hydrogens (primary N) is 1. The summed E-state index contributed by atoms with van der Waals surface area (Å²) in [6, 6.07) is 1.61. The molecule has 0 fully saturated rings. The van der Waals surface area contributed by atoms with Crippen LogP contribution in [-0.4, -0.2) is 38.5 Å². The summed E-state index contributed by atoms with van der Waals surface area (Å²) in [5, 5.41) is 0.498. The van der Waals surface area contributed by atoms with E-state index in [0.29, 0.717) is 43.0 Å². The van der Waals surface area contributed by atoms with Crippen LogP contribution in [0.3, 0.4) is 0 Å². The minimum atomic E-state index is 0.409. The molecule has 0 aliphatic heterocycles. The highest BCUT2D eigenvalue weighted by molar-refractivity contribution is 6.30. The van der Waals surface area contributed by atoms with Crippen LogP contribution < -0.4 is 10.5 Å². The summed E-state index contributed by atoms with van der Waals surface area (Å²) in [4.78, 5) is 3.99. The Balaban J connectivity index is 2.14. The van der Waals surface area contributed by atoms with E-state index in [1.54, 1.807) is 13.2 Å². The van der Waals surface area contributed by atoms with E-state index in [1.807, 2.05) is 0 Å². The molecule has 0 saturated carbocycles. The van der Waals surface area contributed by atoms with Crippen LogP contribution in [-0.2, 0) is 9.47 Å². The number of nitrogen functional groups attached to an aromatic ring is 1. The molecule has 0 aliphatic rings. The molecule has 0 bridgehead atoms. The Bertz CT molecular complexity index is 336. The topological polar surface area (TPSA) is 66.6 Å². The van der Waals surface area contributed by atoms with E-state index < -0.39 is 0 Å². The van der Waals surface area contributed by atoms with Crippen LogP contribution >= 0.6 is 11.6 Å². The van der Waals surface area contributed by atoms with Gasteiger partial charge in [0.15, 0.2) is 0 Å². The van der Waals surface area contributed by atoms with Crippen molar-refractivity contribution >= 4 is 17.3 Å². The molecule has 1 heterocycles. The van der Waals surface area contributed by atoms with Crippen molar-refractivity contribution in [2.45, 2.75) is 6.42 Å². The summed E-state index contributed by atoms with van der Waals surface area (Å²) in [6.45, 7) is 2.33. The Morgan fingerprint density at radius 3 is 2.82 bits per heavy atom. The maximum absolute atomic E-state index is 5.72. The Morgan fingerprint density at radius 1 is 1.29 bits per heavy atom. The molecule has 1 rings (SSSR count). The molecule has 0 unspecified atom stereocenters. The van der Waals surface area contributed by atoms with Gasteiger partial charge in [-0.2, -0.15) is 0 Å². The molecule has 0 atom stereocenters. The molecule has 96 valence electrons. The van der Waals surface area contributed by atoms with Crippen molar-refractivity contribution in [2.24, 2.45) is 0 Å². The van der Waals surface area contributed by atoms with Crippen LogP contribution in [0.2, 0.25) is 5.02 Å². The first-order valence-electron chi connectivity index (χ1n) is 5.34. The van der Waals surface area contributed by atoms with Gasteiger partial charge in [0.2, 0.25) is 5.88 Å². The van der Waals surface area contributed by atoms with Crippen LogP contribution in [0.15, 0.2) is 12.3 Å². The molecule has 1 aromatic rings. The molecule has 0 aliphatic carbocycles. The predicted molar refractivity (Wildman–Crippen MR) is 66.5 cm³/mol. The molecule has 0 radical (unpaired) electrons. The van der Waals surface area contributed by atoms with E-state index in [1.165, 1.54) is 6.20 Å². The van der Waals surface area contributed by atoms with E-state index in [9.17, 15) is 0 Å². The molecular formula is C11H17ClN2O3. The Labute approximate surface area is 106 Å². The number of anilines is 1. The predicted octanol–water partition coefficient (Wildman–Crippen LogP) is 1.75. The molecule has 6 heteroatoms. The van der Waals surface area contributed by atoms with Gasteiger partial charge in [0.05, 0.1) is 30.5 Å². The Hall–Kier alpha value is -1.04. The van der Waals surface area contributed by atoms with Crippen molar-refractivity contribution in [3.05, 3.63) is 17.3 Å². The first-order chi connectivity index (χ1) is 8.24. The standard InChI is InChI=1S/C11H17ClN2O3/c1-15-5-6-16-3-2-4-17-11-10(13)7-9(12)8-14-11/h7-8H,2-6,13H2,1H3. The normalized spacial score (nSPS) is 10.5. The number of rotatable bonds is 8. The number of nitrogens with zero attached hydrogens (tertiary/aromatic N) is 1. The second-order valence-corrected chi connectivity index (χ2v) is 3.79. The first-order valence-corrected chi connectivity index (χ1v) is 5.72. The van der Waals surface area contributed by atoms with E-state index >= 15 is 0 Å². The van der Waals surface area contributed by atoms with E-state index in [-0.39, 0.29) is 0 Å². The molecule has 1 aromatic heterocycles. The molecule has 0 amide bonds. The van der Waals surface area contributed by atoms with Crippen LogP contribution in [0, 0.1) is 0 Å². The third kappa shape index (κ3) is 5.72. The van der Waals surface area contributed by atoms with Gasteiger partial charge in [-0.15, -0.1) is 0 Å². The minimum Gasteiger partial charge on any atom is -0.476 e. The zero-order valence-electron chi connectivity index (χ0n) is 9.82. The summed E-state index contributed by atoms with van der Waals surface area (Å²) in [7, 11) is 1.64. The fraction of sp³-hybridized carbons (Fsp3) is 0.545. The van der Waals surface area contributed by atoms with Crippen LogP contribution in [0.5, 0.6) is 5.88 Å². The van der Waals surface area contributed by atoms with Gasteiger partial charge in [0.1, 0.15) is 0 Å². The third-order valence-electron chi connectivity index (χ3n) is 1.95. The van der Waals surface area contributed by atoms with Crippen molar-refractivity contribution < 1.29 is 14.2 Å². The zero-order valence-corrected chi connectivity index (χ0v) is 10.6. The molecule has 0 saturated heterocycles. The monoisotopic (exact) mass is 260 g/mol. The van der Waals surface area contributed by atoms with Crippen molar-refractivity contribution in [1.82, 2.24) is 4.98 Å².